The topological polar surface area (TPSA) is 44.6 Å². The molecule has 0 spiro atoms. The van der Waals surface area contributed by atoms with Gasteiger partial charge in [0.15, 0.2) is 5.05 Å². The molecule has 0 aliphatic heterocycles. The summed E-state index contributed by atoms with van der Waals surface area (Å²) in [6, 6.07) is 12.0. The molecule has 0 aliphatic rings. The number of aryl methyl sites for hydroxylation is 2. The third kappa shape index (κ3) is 4.53. The Balaban J connectivity index is 2.66. The molecule has 138 valence electrons. The Kier molecular flexibility index (Phi) is 6.61. The molecular formula is C21H25NO2S2. The lowest BCUT2D eigenvalue weighted by atomic mass is 9.89. The number of benzene rings is 2. The van der Waals surface area contributed by atoms with E-state index in [9.17, 15) is 4.55 Å². The standard InChI is InChI=1S/C21H25NO2S2/c1-14-9-7-11-16(13-22-26(23)21(3,4)5)18(14)19-15(2)10-8-12-17(19)20(25)24-6/h7-13H,1-6H3/b22-13+. The average molecular weight is 388 g/mol. The van der Waals surface area contributed by atoms with Gasteiger partial charge in [-0.05, 0) is 75.2 Å². The van der Waals surface area contributed by atoms with Gasteiger partial charge in [0.1, 0.15) is 16.1 Å². The molecule has 1 unspecified atom stereocenters. The summed E-state index contributed by atoms with van der Waals surface area (Å²) in [5, 5.41) is 0.452. The highest BCUT2D eigenvalue weighted by Crippen LogP contribution is 2.33. The van der Waals surface area contributed by atoms with Crippen molar-refractivity contribution in [1.29, 1.82) is 0 Å². The summed E-state index contributed by atoms with van der Waals surface area (Å²) in [7, 11) is 1.58. The SMILES string of the molecule is COC(=S)c1cccc(C)c1-c1c(C)cccc1/C=N/[S+]([O-])C(C)(C)C. The van der Waals surface area contributed by atoms with E-state index in [2.05, 4.69) is 30.4 Å². The largest absolute Gasteiger partial charge is 0.591 e. The molecule has 0 aromatic heterocycles. The molecule has 3 nitrogen and oxygen atoms in total. The molecule has 0 saturated carbocycles. The van der Waals surface area contributed by atoms with E-state index in [4.69, 9.17) is 17.0 Å². The quantitative estimate of drug-likeness (QED) is 0.413. The van der Waals surface area contributed by atoms with Gasteiger partial charge < -0.3 is 9.29 Å². The fraction of sp³-hybridized carbons (Fsp3) is 0.333. The van der Waals surface area contributed by atoms with E-state index in [1.165, 1.54) is 0 Å². The zero-order valence-electron chi connectivity index (χ0n) is 16.1. The van der Waals surface area contributed by atoms with E-state index in [0.29, 0.717) is 5.05 Å². The molecule has 0 aliphatic carbocycles. The van der Waals surface area contributed by atoms with Crippen molar-refractivity contribution < 1.29 is 9.29 Å². The van der Waals surface area contributed by atoms with Gasteiger partial charge in [-0.1, -0.05) is 34.7 Å². The maximum Gasteiger partial charge on any atom is 0.191 e. The van der Waals surface area contributed by atoms with Gasteiger partial charge in [0.25, 0.3) is 0 Å². The Morgan fingerprint density at radius 3 is 2.23 bits per heavy atom. The van der Waals surface area contributed by atoms with Gasteiger partial charge in [0.2, 0.25) is 0 Å². The lowest BCUT2D eigenvalue weighted by Crippen LogP contribution is -2.25. The van der Waals surface area contributed by atoms with Crippen LogP contribution in [0.4, 0.5) is 0 Å². The van der Waals surface area contributed by atoms with E-state index in [0.717, 1.165) is 33.4 Å². The highest BCUT2D eigenvalue weighted by molar-refractivity contribution is 7.91. The van der Waals surface area contributed by atoms with Gasteiger partial charge in [-0.3, -0.25) is 0 Å². The Hall–Kier alpha value is -1.69. The van der Waals surface area contributed by atoms with Gasteiger partial charge >= 0.3 is 0 Å². The van der Waals surface area contributed by atoms with Crippen LogP contribution in [0.3, 0.4) is 0 Å². The van der Waals surface area contributed by atoms with E-state index in [-0.39, 0.29) is 0 Å². The summed E-state index contributed by atoms with van der Waals surface area (Å²) in [6.07, 6.45) is 1.70. The Morgan fingerprint density at radius 1 is 1.08 bits per heavy atom. The number of nitrogens with zero attached hydrogens (tertiary/aromatic N) is 1. The third-order valence-electron chi connectivity index (χ3n) is 4.04. The summed E-state index contributed by atoms with van der Waals surface area (Å²) >= 11 is 4.09. The molecule has 0 bridgehead atoms. The molecule has 26 heavy (non-hydrogen) atoms. The average Bonchev–Trinajstić information content (AvgIpc) is 2.58. The number of rotatable bonds is 4. The van der Waals surface area contributed by atoms with Crippen molar-refractivity contribution in [3.05, 3.63) is 58.7 Å². The predicted molar refractivity (Wildman–Crippen MR) is 116 cm³/mol. The predicted octanol–water partition coefficient (Wildman–Crippen LogP) is 5.17. The van der Waals surface area contributed by atoms with Crippen molar-refractivity contribution in [1.82, 2.24) is 0 Å². The van der Waals surface area contributed by atoms with Crippen molar-refractivity contribution in [2.45, 2.75) is 39.4 Å². The number of hydrogen-bond donors (Lipinski definition) is 0. The van der Waals surface area contributed by atoms with E-state index in [1.807, 2.05) is 45.0 Å². The van der Waals surface area contributed by atoms with Crippen molar-refractivity contribution in [2.75, 3.05) is 7.11 Å². The number of hydrogen-bond acceptors (Lipinski definition) is 4. The summed E-state index contributed by atoms with van der Waals surface area (Å²) in [6.45, 7) is 9.84. The van der Waals surface area contributed by atoms with E-state index >= 15 is 0 Å². The maximum atomic E-state index is 12.3. The number of ether oxygens (including phenoxy) is 1. The van der Waals surface area contributed by atoms with Crippen LogP contribution in [0.2, 0.25) is 0 Å². The second-order valence-corrected chi connectivity index (χ2v) is 9.43. The van der Waals surface area contributed by atoms with Crippen LogP contribution >= 0.6 is 12.2 Å². The van der Waals surface area contributed by atoms with Crippen molar-refractivity contribution in [3.8, 4) is 11.1 Å². The van der Waals surface area contributed by atoms with Gasteiger partial charge in [-0.25, -0.2) is 0 Å². The molecule has 2 aromatic carbocycles. The van der Waals surface area contributed by atoms with Gasteiger partial charge in [-0.2, -0.15) is 0 Å². The van der Waals surface area contributed by atoms with Crippen LogP contribution in [0, 0.1) is 13.8 Å². The zero-order valence-corrected chi connectivity index (χ0v) is 17.8. The highest BCUT2D eigenvalue weighted by atomic mass is 32.2. The minimum Gasteiger partial charge on any atom is -0.591 e. The second-order valence-electron chi connectivity index (χ2n) is 7.12. The van der Waals surface area contributed by atoms with Crippen LogP contribution in [-0.2, 0) is 16.1 Å². The molecule has 5 heteroatoms. The van der Waals surface area contributed by atoms with Gasteiger partial charge in [0.05, 0.1) is 13.3 Å². The monoisotopic (exact) mass is 387 g/mol. The van der Waals surface area contributed by atoms with E-state index < -0.39 is 16.1 Å². The summed E-state index contributed by atoms with van der Waals surface area (Å²) in [5.74, 6) is 0. The fourth-order valence-corrected chi connectivity index (χ4v) is 3.38. The molecule has 1 atom stereocenters. The van der Waals surface area contributed by atoms with Gasteiger partial charge in [-0.15, -0.1) is 0 Å². The fourth-order valence-electron chi connectivity index (χ4n) is 2.68. The second kappa shape index (κ2) is 8.33. The molecular weight excluding hydrogens is 362 g/mol. The van der Waals surface area contributed by atoms with Crippen LogP contribution in [0.5, 0.6) is 0 Å². The molecule has 0 N–H and O–H groups in total. The normalized spacial score (nSPS) is 13.0. The lowest BCUT2D eigenvalue weighted by molar-refractivity contribution is 0.416. The van der Waals surface area contributed by atoms with Crippen LogP contribution in [0.15, 0.2) is 40.8 Å². The van der Waals surface area contributed by atoms with E-state index in [1.54, 1.807) is 13.3 Å². The lowest BCUT2D eigenvalue weighted by Gasteiger charge is -2.19. The highest BCUT2D eigenvalue weighted by Gasteiger charge is 2.26. The molecule has 0 saturated heterocycles. The first-order valence-corrected chi connectivity index (χ1v) is 9.92. The minimum absolute atomic E-state index is 0.397. The first kappa shape index (κ1) is 20.6. The summed E-state index contributed by atoms with van der Waals surface area (Å²) < 4.78 is 21.6. The van der Waals surface area contributed by atoms with Crippen LogP contribution in [-0.4, -0.2) is 27.7 Å². The number of thiocarbonyl (C=S) groups is 1. The van der Waals surface area contributed by atoms with Crippen LogP contribution < -0.4 is 0 Å². The van der Waals surface area contributed by atoms with Crippen molar-refractivity contribution in [2.24, 2.45) is 4.40 Å². The van der Waals surface area contributed by atoms with Gasteiger partial charge in [0, 0.05) is 11.1 Å². The summed E-state index contributed by atoms with van der Waals surface area (Å²) in [4.78, 5) is 0. The molecule has 0 heterocycles. The maximum absolute atomic E-state index is 12.3. The van der Waals surface area contributed by atoms with Crippen molar-refractivity contribution >= 4 is 34.8 Å². The Labute approximate surface area is 164 Å². The smallest absolute Gasteiger partial charge is 0.191 e. The molecule has 2 rings (SSSR count). The molecule has 2 aromatic rings. The number of methoxy groups -OCH3 is 1. The molecule has 0 amide bonds. The zero-order chi connectivity index (χ0) is 19.5. The van der Waals surface area contributed by atoms with Crippen molar-refractivity contribution in [3.63, 3.8) is 0 Å². The minimum atomic E-state index is -1.31. The Morgan fingerprint density at radius 2 is 1.65 bits per heavy atom. The molecule has 0 radical (unpaired) electrons. The van der Waals surface area contributed by atoms with Crippen LogP contribution in [0.1, 0.15) is 43.0 Å². The molecule has 0 fully saturated rings. The Bertz CT molecular complexity index is 838. The van der Waals surface area contributed by atoms with Crippen LogP contribution in [0.25, 0.3) is 11.1 Å². The first-order valence-electron chi connectivity index (χ1n) is 8.40. The third-order valence-corrected chi connectivity index (χ3v) is 5.78. The first-order chi connectivity index (χ1) is 12.2. The summed E-state index contributed by atoms with van der Waals surface area (Å²) in [5.41, 5.74) is 6.06.